The van der Waals surface area contributed by atoms with Gasteiger partial charge in [0.2, 0.25) is 0 Å². The van der Waals surface area contributed by atoms with E-state index in [2.05, 4.69) is 12.2 Å². The Morgan fingerprint density at radius 1 is 0.846 bits per heavy atom. The molecule has 0 unspecified atom stereocenters. The number of hydrogen-bond donors (Lipinski definition) is 1. The number of ether oxygens (including phenoxy) is 1. The van der Waals surface area contributed by atoms with Crippen LogP contribution in [0.5, 0.6) is 0 Å². The molecule has 26 heavy (non-hydrogen) atoms. The maximum absolute atomic E-state index is 11.9. The molecule has 0 heterocycles. The summed E-state index contributed by atoms with van der Waals surface area (Å²) >= 11 is 5.81. The van der Waals surface area contributed by atoms with E-state index in [0.717, 1.165) is 19.4 Å². The van der Waals surface area contributed by atoms with E-state index in [0.29, 0.717) is 23.7 Å². The van der Waals surface area contributed by atoms with E-state index in [1.165, 1.54) is 57.8 Å². The molecule has 0 aromatic heterocycles. The molecule has 0 atom stereocenters. The minimum Gasteiger partial charge on any atom is -0.381 e. The molecule has 4 heteroatoms. The zero-order valence-corrected chi connectivity index (χ0v) is 17.2. The zero-order valence-electron chi connectivity index (χ0n) is 16.4. The standard InChI is InChI=1S/C22H36ClNO2/c1-2-3-4-5-6-7-8-9-10-11-18-26-19-12-17-24-22(25)20-13-15-21(23)16-14-20/h13-16H,2-12,17-19H2,1H3,(H,24,25). The molecule has 1 amide bonds. The molecule has 148 valence electrons. The van der Waals surface area contributed by atoms with Crippen LogP contribution in [0, 0.1) is 0 Å². The first kappa shape index (κ1) is 23.0. The molecule has 3 nitrogen and oxygen atoms in total. The van der Waals surface area contributed by atoms with Crippen LogP contribution in [-0.4, -0.2) is 25.7 Å². The Morgan fingerprint density at radius 2 is 1.38 bits per heavy atom. The third kappa shape index (κ3) is 12.3. The number of carbonyl (C=O) groups excluding carboxylic acids is 1. The monoisotopic (exact) mass is 381 g/mol. The minimum absolute atomic E-state index is 0.0589. The summed E-state index contributed by atoms with van der Waals surface area (Å²) in [6, 6.07) is 6.93. The van der Waals surface area contributed by atoms with Crippen LogP contribution in [0.1, 0.15) is 87.9 Å². The highest BCUT2D eigenvalue weighted by molar-refractivity contribution is 6.30. The van der Waals surface area contributed by atoms with Gasteiger partial charge in [0.15, 0.2) is 0 Å². The van der Waals surface area contributed by atoms with Crippen molar-refractivity contribution < 1.29 is 9.53 Å². The summed E-state index contributed by atoms with van der Waals surface area (Å²) < 4.78 is 5.64. The molecule has 0 aliphatic rings. The molecule has 0 spiro atoms. The maximum Gasteiger partial charge on any atom is 0.251 e. The van der Waals surface area contributed by atoms with Gasteiger partial charge in [0.1, 0.15) is 0 Å². The first-order valence-corrected chi connectivity index (χ1v) is 10.7. The molecule has 1 N–H and O–H groups in total. The maximum atomic E-state index is 11.9. The third-order valence-electron chi connectivity index (χ3n) is 4.50. The lowest BCUT2D eigenvalue weighted by molar-refractivity contribution is 0.0940. The number of nitrogens with one attached hydrogen (secondary N) is 1. The highest BCUT2D eigenvalue weighted by atomic mass is 35.5. The first-order chi connectivity index (χ1) is 12.7. The SMILES string of the molecule is CCCCCCCCCCCCOCCCNC(=O)c1ccc(Cl)cc1. The summed E-state index contributed by atoms with van der Waals surface area (Å²) in [6.07, 6.45) is 14.3. The van der Waals surface area contributed by atoms with Crippen molar-refractivity contribution in [1.82, 2.24) is 5.32 Å². The fourth-order valence-electron chi connectivity index (χ4n) is 2.87. The summed E-state index contributed by atoms with van der Waals surface area (Å²) in [5.74, 6) is -0.0589. The van der Waals surface area contributed by atoms with E-state index in [1.807, 2.05) is 0 Å². The van der Waals surface area contributed by atoms with Crippen LogP contribution in [0.4, 0.5) is 0 Å². The number of rotatable bonds is 16. The van der Waals surface area contributed by atoms with E-state index in [4.69, 9.17) is 16.3 Å². The molecular formula is C22H36ClNO2. The van der Waals surface area contributed by atoms with Crippen molar-refractivity contribution in [2.24, 2.45) is 0 Å². The van der Waals surface area contributed by atoms with Gasteiger partial charge in [-0.3, -0.25) is 4.79 Å². The Balaban J connectivity index is 1.82. The average molecular weight is 382 g/mol. The fraction of sp³-hybridized carbons (Fsp3) is 0.682. The number of halogens is 1. The molecule has 0 radical (unpaired) electrons. The Bertz CT molecular complexity index is 462. The number of amides is 1. The van der Waals surface area contributed by atoms with Gasteiger partial charge in [0.05, 0.1) is 0 Å². The Labute approximate surface area is 164 Å². The molecule has 0 fully saturated rings. The van der Waals surface area contributed by atoms with E-state index >= 15 is 0 Å². The molecule has 0 saturated heterocycles. The molecule has 1 rings (SSSR count). The van der Waals surface area contributed by atoms with Crippen LogP contribution in [0.15, 0.2) is 24.3 Å². The number of benzene rings is 1. The molecule has 0 saturated carbocycles. The zero-order chi connectivity index (χ0) is 18.9. The van der Waals surface area contributed by atoms with Crippen molar-refractivity contribution >= 4 is 17.5 Å². The van der Waals surface area contributed by atoms with Gasteiger partial charge < -0.3 is 10.1 Å². The van der Waals surface area contributed by atoms with Crippen LogP contribution in [0.2, 0.25) is 5.02 Å². The third-order valence-corrected chi connectivity index (χ3v) is 4.75. The number of carbonyl (C=O) groups is 1. The lowest BCUT2D eigenvalue weighted by Gasteiger charge is -2.07. The van der Waals surface area contributed by atoms with Crippen molar-refractivity contribution in [3.05, 3.63) is 34.9 Å². The van der Waals surface area contributed by atoms with E-state index in [9.17, 15) is 4.79 Å². The second-order valence-corrected chi connectivity index (χ2v) is 7.35. The average Bonchev–Trinajstić information content (AvgIpc) is 2.65. The van der Waals surface area contributed by atoms with Crippen molar-refractivity contribution in [1.29, 1.82) is 0 Å². The topological polar surface area (TPSA) is 38.3 Å². The number of unbranched alkanes of at least 4 members (excludes halogenated alkanes) is 9. The van der Waals surface area contributed by atoms with Crippen LogP contribution < -0.4 is 5.32 Å². The lowest BCUT2D eigenvalue weighted by atomic mass is 10.1. The summed E-state index contributed by atoms with van der Waals surface area (Å²) in [5, 5.41) is 3.54. The normalized spacial score (nSPS) is 10.8. The Hall–Kier alpha value is -1.06. The molecule has 0 aliphatic carbocycles. The predicted molar refractivity (Wildman–Crippen MR) is 111 cm³/mol. The lowest BCUT2D eigenvalue weighted by Crippen LogP contribution is -2.25. The highest BCUT2D eigenvalue weighted by Gasteiger charge is 2.03. The van der Waals surface area contributed by atoms with Gasteiger partial charge in [-0.25, -0.2) is 0 Å². The van der Waals surface area contributed by atoms with Crippen molar-refractivity contribution in [3.63, 3.8) is 0 Å². The van der Waals surface area contributed by atoms with Crippen molar-refractivity contribution in [2.75, 3.05) is 19.8 Å². The van der Waals surface area contributed by atoms with Gasteiger partial charge in [-0.2, -0.15) is 0 Å². The Kier molecular flexibility index (Phi) is 14.3. The van der Waals surface area contributed by atoms with E-state index < -0.39 is 0 Å². The van der Waals surface area contributed by atoms with Crippen LogP contribution in [-0.2, 0) is 4.74 Å². The molecule has 0 bridgehead atoms. The van der Waals surface area contributed by atoms with Crippen LogP contribution >= 0.6 is 11.6 Å². The van der Waals surface area contributed by atoms with Gasteiger partial charge >= 0.3 is 0 Å². The summed E-state index contributed by atoms with van der Waals surface area (Å²) in [5.41, 5.74) is 0.640. The Morgan fingerprint density at radius 3 is 2.00 bits per heavy atom. The van der Waals surface area contributed by atoms with Crippen LogP contribution in [0.25, 0.3) is 0 Å². The van der Waals surface area contributed by atoms with Gasteiger partial charge in [0, 0.05) is 30.3 Å². The van der Waals surface area contributed by atoms with Crippen molar-refractivity contribution in [2.45, 2.75) is 77.6 Å². The quantitative estimate of drug-likeness (QED) is 0.336. The van der Waals surface area contributed by atoms with Crippen molar-refractivity contribution in [3.8, 4) is 0 Å². The number of hydrogen-bond acceptors (Lipinski definition) is 2. The molecule has 0 aliphatic heterocycles. The molecular weight excluding hydrogens is 346 g/mol. The second-order valence-electron chi connectivity index (χ2n) is 6.91. The molecule has 1 aromatic rings. The summed E-state index contributed by atoms with van der Waals surface area (Å²) in [4.78, 5) is 11.9. The second kappa shape index (κ2) is 16.1. The minimum atomic E-state index is -0.0589. The largest absolute Gasteiger partial charge is 0.381 e. The molecule has 1 aromatic carbocycles. The van der Waals surface area contributed by atoms with Gasteiger partial charge in [-0.15, -0.1) is 0 Å². The summed E-state index contributed by atoms with van der Waals surface area (Å²) in [7, 11) is 0. The smallest absolute Gasteiger partial charge is 0.251 e. The van der Waals surface area contributed by atoms with E-state index in [-0.39, 0.29) is 5.91 Å². The first-order valence-electron chi connectivity index (χ1n) is 10.4. The van der Waals surface area contributed by atoms with Gasteiger partial charge in [0.25, 0.3) is 5.91 Å². The van der Waals surface area contributed by atoms with Gasteiger partial charge in [-0.1, -0.05) is 76.3 Å². The van der Waals surface area contributed by atoms with Gasteiger partial charge in [-0.05, 0) is 37.1 Å². The predicted octanol–water partition coefficient (Wildman–Crippen LogP) is 6.40. The highest BCUT2D eigenvalue weighted by Crippen LogP contribution is 2.11. The summed E-state index contributed by atoms with van der Waals surface area (Å²) in [6.45, 7) is 4.44. The fourth-order valence-corrected chi connectivity index (χ4v) is 3.00. The van der Waals surface area contributed by atoms with Crippen LogP contribution in [0.3, 0.4) is 0 Å². The van der Waals surface area contributed by atoms with E-state index in [1.54, 1.807) is 24.3 Å².